The van der Waals surface area contributed by atoms with E-state index in [1.807, 2.05) is 0 Å². The number of ether oxygens (including phenoxy) is 2. The number of Topliss-reactive ketones (excluding diaryl/α,β-unsaturated/α-hetero) is 2. The van der Waals surface area contributed by atoms with Crippen LogP contribution in [0.2, 0.25) is 0 Å². The molecule has 0 amide bonds. The van der Waals surface area contributed by atoms with Gasteiger partial charge < -0.3 is 19.7 Å². The van der Waals surface area contributed by atoms with Gasteiger partial charge in [0.05, 0.1) is 6.10 Å². The van der Waals surface area contributed by atoms with Crippen LogP contribution in [-0.4, -0.2) is 52.5 Å². The quantitative estimate of drug-likeness (QED) is 0.791. The SMILES string of the molecule is CO[C@H]1O[C@H](C)[C@](O)(C(=O)c2ccccc2)[C@]1(O)C(=O)c1ccccc1. The predicted molar refractivity (Wildman–Crippen MR) is 92.8 cm³/mol. The van der Waals surface area contributed by atoms with Crippen LogP contribution in [0.5, 0.6) is 0 Å². The maximum absolute atomic E-state index is 13.1. The van der Waals surface area contributed by atoms with Gasteiger partial charge in [-0.1, -0.05) is 60.7 Å². The molecule has 2 aromatic carbocycles. The number of aliphatic hydroxyl groups is 2. The van der Waals surface area contributed by atoms with Crippen molar-refractivity contribution in [1.82, 2.24) is 0 Å². The summed E-state index contributed by atoms with van der Waals surface area (Å²) in [5, 5.41) is 22.6. The van der Waals surface area contributed by atoms with Crippen LogP contribution >= 0.6 is 0 Å². The summed E-state index contributed by atoms with van der Waals surface area (Å²) in [5.41, 5.74) is -4.83. The van der Waals surface area contributed by atoms with Crippen molar-refractivity contribution >= 4 is 11.6 Å². The van der Waals surface area contributed by atoms with Gasteiger partial charge in [0, 0.05) is 18.2 Å². The van der Waals surface area contributed by atoms with Crippen molar-refractivity contribution < 1.29 is 29.3 Å². The lowest BCUT2D eigenvalue weighted by molar-refractivity contribution is -0.176. The molecule has 1 heterocycles. The molecule has 0 radical (unpaired) electrons. The van der Waals surface area contributed by atoms with Crippen molar-refractivity contribution in [2.45, 2.75) is 30.5 Å². The Morgan fingerprint density at radius 2 is 1.31 bits per heavy atom. The van der Waals surface area contributed by atoms with Crippen LogP contribution in [0, 0.1) is 0 Å². The van der Waals surface area contributed by atoms with E-state index in [1.165, 1.54) is 38.3 Å². The Kier molecular flexibility index (Phi) is 4.77. The lowest BCUT2D eigenvalue weighted by atomic mass is 9.72. The first-order valence-electron chi connectivity index (χ1n) is 8.20. The van der Waals surface area contributed by atoms with Gasteiger partial charge in [-0.2, -0.15) is 0 Å². The molecule has 1 saturated heterocycles. The minimum atomic E-state index is -2.60. The van der Waals surface area contributed by atoms with Gasteiger partial charge >= 0.3 is 0 Å². The van der Waals surface area contributed by atoms with Crippen molar-refractivity contribution in [1.29, 1.82) is 0 Å². The fourth-order valence-electron chi connectivity index (χ4n) is 3.35. The van der Waals surface area contributed by atoms with E-state index in [4.69, 9.17) is 9.47 Å². The smallest absolute Gasteiger partial charge is 0.217 e. The van der Waals surface area contributed by atoms with Gasteiger partial charge in [-0.25, -0.2) is 0 Å². The zero-order valence-electron chi connectivity index (χ0n) is 14.5. The highest BCUT2D eigenvalue weighted by molar-refractivity contribution is 6.13. The third-order valence-corrected chi connectivity index (χ3v) is 4.82. The molecule has 0 aromatic heterocycles. The number of hydrogen-bond acceptors (Lipinski definition) is 6. The minimum Gasteiger partial charge on any atom is -0.376 e. The van der Waals surface area contributed by atoms with E-state index in [0.717, 1.165) is 0 Å². The second kappa shape index (κ2) is 6.74. The molecular formula is C20H20O6. The van der Waals surface area contributed by atoms with E-state index < -0.39 is 35.2 Å². The van der Waals surface area contributed by atoms with E-state index >= 15 is 0 Å². The van der Waals surface area contributed by atoms with Gasteiger partial charge in [-0.05, 0) is 6.92 Å². The Labute approximate surface area is 151 Å². The molecule has 4 atom stereocenters. The summed E-state index contributed by atoms with van der Waals surface area (Å²) in [5.74, 6) is -1.65. The van der Waals surface area contributed by atoms with Crippen LogP contribution in [-0.2, 0) is 9.47 Å². The molecule has 6 heteroatoms. The van der Waals surface area contributed by atoms with Crippen LogP contribution in [0.15, 0.2) is 60.7 Å². The van der Waals surface area contributed by atoms with Crippen molar-refractivity contribution in [3.05, 3.63) is 71.8 Å². The standard InChI is InChI=1S/C20H20O6/c1-13-19(23,16(21)14-9-5-3-6-10-14)20(24,18(25-2)26-13)17(22)15-11-7-4-8-12-15/h3-13,18,23-24H,1-2H3/t13-,18+,19+,20+/m1/s1. The molecule has 0 saturated carbocycles. The summed E-state index contributed by atoms with van der Waals surface area (Å²) in [4.78, 5) is 26.2. The summed E-state index contributed by atoms with van der Waals surface area (Å²) >= 11 is 0. The maximum Gasteiger partial charge on any atom is 0.217 e. The fraction of sp³-hybridized carbons (Fsp3) is 0.300. The van der Waals surface area contributed by atoms with Crippen LogP contribution < -0.4 is 0 Å². The molecule has 0 bridgehead atoms. The second-order valence-corrected chi connectivity index (χ2v) is 6.27. The Balaban J connectivity index is 2.15. The van der Waals surface area contributed by atoms with E-state index in [9.17, 15) is 19.8 Å². The normalized spacial score (nSPS) is 30.9. The van der Waals surface area contributed by atoms with Gasteiger partial charge in [0.25, 0.3) is 0 Å². The topological polar surface area (TPSA) is 93.1 Å². The minimum absolute atomic E-state index is 0.133. The van der Waals surface area contributed by atoms with E-state index in [-0.39, 0.29) is 11.1 Å². The Bertz CT molecular complexity index is 806. The summed E-state index contributed by atoms with van der Waals surface area (Å²) in [7, 11) is 1.24. The summed E-state index contributed by atoms with van der Waals surface area (Å²) < 4.78 is 10.6. The fourth-order valence-corrected chi connectivity index (χ4v) is 3.35. The lowest BCUT2D eigenvalue weighted by Crippen LogP contribution is -2.67. The molecule has 1 aliphatic heterocycles. The molecule has 2 aromatic rings. The van der Waals surface area contributed by atoms with Gasteiger partial charge in [0.2, 0.25) is 17.2 Å². The first-order chi connectivity index (χ1) is 12.4. The molecule has 2 N–H and O–H groups in total. The van der Waals surface area contributed by atoms with Crippen LogP contribution in [0.25, 0.3) is 0 Å². The number of methoxy groups -OCH3 is 1. The number of rotatable bonds is 5. The van der Waals surface area contributed by atoms with Crippen molar-refractivity contribution in [2.75, 3.05) is 7.11 Å². The molecule has 1 fully saturated rings. The molecule has 0 aliphatic carbocycles. The Morgan fingerprint density at radius 1 is 0.885 bits per heavy atom. The highest BCUT2D eigenvalue weighted by Crippen LogP contribution is 2.44. The molecule has 136 valence electrons. The molecule has 26 heavy (non-hydrogen) atoms. The van der Waals surface area contributed by atoms with E-state index in [0.29, 0.717) is 0 Å². The summed E-state index contributed by atoms with van der Waals surface area (Å²) in [6, 6.07) is 15.9. The largest absolute Gasteiger partial charge is 0.376 e. The van der Waals surface area contributed by atoms with Crippen LogP contribution in [0.4, 0.5) is 0 Å². The molecule has 3 rings (SSSR count). The summed E-state index contributed by atoms with van der Waals surface area (Å²) in [6.07, 6.45) is -2.67. The predicted octanol–water partition coefficient (Wildman–Crippen LogP) is 1.61. The molecule has 1 aliphatic rings. The van der Waals surface area contributed by atoms with E-state index in [2.05, 4.69) is 0 Å². The van der Waals surface area contributed by atoms with Gasteiger partial charge in [-0.3, -0.25) is 9.59 Å². The Hall–Kier alpha value is -2.38. The number of hydrogen-bond donors (Lipinski definition) is 2. The zero-order valence-corrected chi connectivity index (χ0v) is 14.5. The highest BCUT2D eigenvalue weighted by atomic mass is 16.7. The average molecular weight is 356 g/mol. The third kappa shape index (κ3) is 2.50. The monoisotopic (exact) mass is 356 g/mol. The number of carbonyl (C=O) groups excluding carboxylic acids is 2. The van der Waals surface area contributed by atoms with E-state index in [1.54, 1.807) is 36.4 Å². The van der Waals surface area contributed by atoms with Gasteiger partial charge in [-0.15, -0.1) is 0 Å². The molecule has 0 unspecified atom stereocenters. The molecule has 6 nitrogen and oxygen atoms in total. The second-order valence-electron chi connectivity index (χ2n) is 6.27. The highest BCUT2D eigenvalue weighted by Gasteiger charge is 2.72. The van der Waals surface area contributed by atoms with Crippen LogP contribution in [0.1, 0.15) is 27.6 Å². The molecule has 0 spiro atoms. The first-order valence-corrected chi connectivity index (χ1v) is 8.20. The Morgan fingerprint density at radius 3 is 1.73 bits per heavy atom. The van der Waals surface area contributed by atoms with Gasteiger partial charge in [0.1, 0.15) is 0 Å². The van der Waals surface area contributed by atoms with Crippen molar-refractivity contribution in [2.24, 2.45) is 0 Å². The lowest BCUT2D eigenvalue weighted by Gasteiger charge is -2.37. The molecular weight excluding hydrogens is 336 g/mol. The summed E-state index contributed by atoms with van der Waals surface area (Å²) in [6.45, 7) is 1.42. The number of carbonyl (C=O) groups is 2. The van der Waals surface area contributed by atoms with Crippen molar-refractivity contribution in [3.63, 3.8) is 0 Å². The van der Waals surface area contributed by atoms with Crippen LogP contribution in [0.3, 0.4) is 0 Å². The number of ketones is 2. The first kappa shape index (κ1) is 18.4. The van der Waals surface area contributed by atoms with Gasteiger partial charge in [0.15, 0.2) is 11.9 Å². The average Bonchev–Trinajstić information content (AvgIpc) is 2.90. The third-order valence-electron chi connectivity index (χ3n) is 4.82. The maximum atomic E-state index is 13.1. The number of benzene rings is 2. The zero-order chi connectivity index (χ0) is 18.9. The van der Waals surface area contributed by atoms with Crippen molar-refractivity contribution in [3.8, 4) is 0 Å².